The van der Waals surface area contributed by atoms with Crippen molar-refractivity contribution in [3.05, 3.63) is 32.2 Å². The van der Waals surface area contributed by atoms with Crippen LogP contribution in [0.5, 0.6) is 0 Å². The number of nitrogens with one attached hydrogen (secondary N) is 1. The van der Waals surface area contributed by atoms with Gasteiger partial charge in [0.05, 0.1) is 6.33 Å². The maximum absolute atomic E-state index is 12.6. The highest BCUT2D eigenvalue weighted by Crippen LogP contribution is 2.41. The summed E-state index contributed by atoms with van der Waals surface area (Å²) in [6.45, 7) is -0.398. The summed E-state index contributed by atoms with van der Waals surface area (Å²) < 4.78 is 3.67. The van der Waals surface area contributed by atoms with Gasteiger partial charge in [0.25, 0.3) is 5.56 Å². The van der Waals surface area contributed by atoms with Crippen LogP contribution in [-0.2, 0) is 25.4 Å². The van der Waals surface area contributed by atoms with Gasteiger partial charge in [0.1, 0.15) is 11.6 Å². The number of anilines is 1. The second-order valence-electron chi connectivity index (χ2n) is 6.03. The number of aryl methyl sites for hydroxylation is 2. The largest absolute Gasteiger partial charge is 0.332 e. The molecule has 0 radical (unpaired) electrons. The fourth-order valence-electron chi connectivity index (χ4n) is 2.62. The number of amides is 1. The summed E-state index contributed by atoms with van der Waals surface area (Å²) in [5, 5.41) is 11.8. The van der Waals surface area contributed by atoms with Gasteiger partial charge in [-0.15, -0.1) is 10.2 Å². The summed E-state index contributed by atoms with van der Waals surface area (Å²) >= 11 is 1.32. The van der Waals surface area contributed by atoms with Crippen LogP contribution in [0, 0.1) is 0 Å². The molecule has 0 spiro atoms. The van der Waals surface area contributed by atoms with E-state index < -0.39 is 23.7 Å². The summed E-state index contributed by atoms with van der Waals surface area (Å²) in [4.78, 5) is 41.2. The van der Waals surface area contributed by atoms with Crippen molar-refractivity contribution in [3.8, 4) is 0 Å². The fraction of sp³-hybridized carbons (Fsp3) is 0.429. The molecule has 0 bridgehead atoms. The van der Waals surface area contributed by atoms with Gasteiger partial charge in [-0.2, -0.15) is 0 Å². The van der Waals surface area contributed by atoms with E-state index in [1.807, 2.05) is 0 Å². The number of nitrogens with zero attached hydrogens (tertiary/aromatic N) is 6. The molecule has 0 aliphatic heterocycles. The molecule has 1 amide bonds. The first-order chi connectivity index (χ1) is 12.0. The van der Waals surface area contributed by atoms with Crippen LogP contribution < -0.4 is 16.6 Å². The first kappa shape index (κ1) is 15.7. The van der Waals surface area contributed by atoms with Crippen LogP contribution in [0.3, 0.4) is 0 Å². The highest BCUT2D eigenvalue weighted by atomic mass is 32.1. The molecule has 0 aromatic carbocycles. The van der Waals surface area contributed by atoms with Gasteiger partial charge in [0.2, 0.25) is 11.0 Å². The highest BCUT2D eigenvalue weighted by Gasteiger charge is 2.27. The van der Waals surface area contributed by atoms with Crippen molar-refractivity contribution in [2.24, 2.45) is 14.1 Å². The van der Waals surface area contributed by atoms with Gasteiger partial charge in [-0.1, -0.05) is 11.3 Å². The van der Waals surface area contributed by atoms with E-state index in [9.17, 15) is 14.4 Å². The lowest BCUT2D eigenvalue weighted by atomic mass is 10.4. The molecule has 1 saturated carbocycles. The van der Waals surface area contributed by atoms with Crippen molar-refractivity contribution in [3.63, 3.8) is 0 Å². The molecule has 11 heteroatoms. The first-order valence-electron chi connectivity index (χ1n) is 7.70. The van der Waals surface area contributed by atoms with Crippen LogP contribution >= 0.6 is 11.3 Å². The number of hydrogen-bond donors (Lipinski definition) is 1. The molecule has 1 N–H and O–H groups in total. The average Bonchev–Trinajstić information content (AvgIpc) is 3.21. The third kappa shape index (κ3) is 2.65. The van der Waals surface area contributed by atoms with Crippen molar-refractivity contribution in [1.82, 2.24) is 28.9 Å². The molecule has 1 aliphatic rings. The predicted octanol–water partition coefficient (Wildman–Crippen LogP) is -0.199. The van der Waals surface area contributed by atoms with Gasteiger partial charge >= 0.3 is 5.69 Å². The molecular weight excluding hydrogens is 346 g/mol. The lowest BCUT2D eigenvalue weighted by molar-refractivity contribution is -0.116. The maximum Gasteiger partial charge on any atom is 0.332 e. The third-order valence-corrected chi connectivity index (χ3v) is 5.12. The zero-order valence-corrected chi connectivity index (χ0v) is 14.4. The van der Waals surface area contributed by atoms with Gasteiger partial charge in [-0.05, 0) is 12.8 Å². The minimum Gasteiger partial charge on any atom is -0.328 e. The van der Waals surface area contributed by atoms with Crippen LogP contribution in [0.2, 0.25) is 0 Å². The first-order valence-corrected chi connectivity index (χ1v) is 8.51. The van der Waals surface area contributed by atoms with Crippen LogP contribution in [-0.4, -0.2) is 34.8 Å². The molecule has 3 aromatic rings. The SMILES string of the molecule is Cn1cnc2c1c(=O)n(CC(=O)Nc1nnc(C3CC3)s1)c(=O)n2C. The molecule has 25 heavy (non-hydrogen) atoms. The lowest BCUT2D eigenvalue weighted by Gasteiger charge is -2.08. The zero-order chi connectivity index (χ0) is 17.7. The number of hydrogen-bond acceptors (Lipinski definition) is 7. The molecule has 3 heterocycles. The molecule has 1 fully saturated rings. The third-order valence-electron chi connectivity index (χ3n) is 4.12. The van der Waals surface area contributed by atoms with E-state index in [4.69, 9.17) is 0 Å². The predicted molar refractivity (Wildman–Crippen MR) is 90.7 cm³/mol. The quantitative estimate of drug-likeness (QED) is 0.688. The molecule has 10 nitrogen and oxygen atoms in total. The highest BCUT2D eigenvalue weighted by molar-refractivity contribution is 7.15. The Morgan fingerprint density at radius 3 is 2.80 bits per heavy atom. The standard InChI is InChI=1S/C14H15N7O3S/c1-19-6-15-10-9(19)12(23)21(14(24)20(10)2)5-8(22)16-13-18-17-11(25-13)7-3-4-7/h6-7H,3-5H2,1-2H3,(H,16,18,22). The van der Waals surface area contributed by atoms with E-state index in [2.05, 4.69) is 20.5 Å². The van der Waals surface area contributed by atoms with Crippen molar-refractivity contribution < 1.29 is 4.79 Å². The Bertz CT molecular complexity index is 1100. The zero-order valence-electron chi connectivity index (χ0n) is 13.6. The summed E-state index contributed by atoms with van der Waals surface area (Å²) in [5.41, 5.74) is -0.597. The number of carbonyl (C=O) groups is 1. The van der Waals surface area contributed by atoms with E-state index in [-0.39, 0.29) is 11.2 Å². The number of aromatic nitrogens is 6. The smallest absolute Gasteiger partial charge is 0.328 e. The van der Waals surface area contributed by atoms with Crippen molar-refractivity contribution in [2.75, 3.05) is 5.32 Å². The Labute approximate surface area is 144 Å². The van der Waals surface area contributed by atoms with E-state index >= 15 is 0 Å². The van der Waals surface area contributed by atoms with Gasteiger partial charge in [-0.3, -0.25) is 19.5 Å². The van der Waals surface area contributed by atoms with Crippen LogP contribution in [0.4, 0.5) is 5.13 Å². The molecule has 0 saturated heterocycles. The maximum atomic E-state index is 12.6. The Morgan fingerprint density at radius 2 is 2.08 bits per heavy atom. The lowest BCUT2D eigenvalue weighted by Crippen LogP contribution is -2.42. The molecular formula is C14H15N7O3S. The molecule has 130 valence electrons. The van der Waals surface area contributed by atoms with Crippen molar-refractivity contribution >= 4 is 33.5 Å². The van der Waals surface area contributed by atoms with Gasteiger partial charge in [0, 0.05) is 20.0 Å². The fourth-order valence-corrected chi connectivity index (χ4v) is 3.55. The average molecular weight is 361 g/mol. The van der Waals surface area contributed by atoms with Crippen LogP contribution in [0.1, 0.15) is 23.8 Å². The van der Waals surface area contributed by atoms with E-state index in [0.717, 1.165) is 22.4 Å². The Kier molecular flexibility index (Phi) is 3.53. The van der Waals surface area contributed by atoms with E-state index in [0.29, 0.717) is 11.0 Å². The second-order valence-corrected chi connectivity index (χ2v) is 7.04. The van der Waals surface area contributed by atoms with Gasteiger partial charge in [0.15, 0.2) is 11.2 Å². The summed E-state index contributed by atoms with van der Waals surface area (Å²) in [7, 11) is 3.17. The number of carbonyl (C=O) groups excluding carboxylic acids is 1. The number of fused-ring (bicyclic) bond motifs is 1. The minimum absolute atomic E-state index is 0.266. The van der Waals surface area contributed by atoms with Crippen LogP contribution in [0.15, 0.2) is 15.9 Å². The van der Waals surface area contributed by atoms with Gasteiger partial charge in [-0.25, -0.2) is 14.3 Å². The Hall–Kier alpha value is -2.82. The van der Waals surface area contributed by atoms with Crippen molar-refractivity contribution in [2.45, 2.75) is 25.3 Å². The molecule has 0 unspecified atom stereocenters. The van der Waals surface area contributed by atoms with E-state index in [1.54, 1.807) is 7.05 Å². The molecule has 0 atom stereocenters. The molecule has 4 rings (SSSR count). The summed E-state index contributed by atoms with van der Waals surface area (Å²) in [6.07, 6.45) is 3.65. The van der Waals surface area contributed by atoms with Crippen molar-refractivity contribution in [1.29, 1.82) is 0 Å². The number of rotatable bonds is 4. The van der Waals surface area contributed by atoms with Gasteiger partial charge < -0.3 is 4.57 Å². The second kappa shape index (κ2) is 5.62. The minimum atomic E-state index is -0.595. The molecule has 1 aliphatic carbocycles. The molecule has 3 aromatic heterocycles. The summed E-state index contributed by atoms with van der Waals surface area (Å²) in [5.74, 6) is -0.0514. The van der Waals surface area contributed by atoms with Crippen LogP contribution in [0.25, 0.3) is 11.2 Å². The van der Waals surface area contributed by atoms with E-state index in [1.165, 1.54) is 33.8 Å². The normalized spacial score (nSPS) is 14.2. The Morgan fingerprint density at radius 1 is 1.32 bits per heavy atom. The summed E-state index contributed by atoms with van der Waals surface area (Å²) in [6, 6.07) is 0. The number of imidazole rings is 1. The monoisotopic (exact) mass is 361 g/mol. The Balaban J connectivity index is 1.63. The topological polar surface area (TPSA) is 117 Å².